The molecule has 14 heteroatoms. The number of aliphatic hydroxyl groups is 1. The molecule has 3 N–H and O–H groups in total. The van der Waals surface area contributed by atoms with E-state index in [1.54, 1.807) is 45.3 Å². The van der Waals surface area contributed by atoms with Gasteiger partial charge in [-0.1, -0.05) is 42.3 Å². The molecule has 3 aliphatic rings. The van der Waals surface area contributed by atoms with Crippen molar-refractivity contribution in [2.75, 3.05) is 26.2 Å². The molecule has 1 aromatic rings. The van der Waals surface area contributed by atoms with Crippen molar-refractivity contribution >= 4 is 43.6 Å². The molecule has 2 saturated heterocycles. The summed E-state index contributed by atoms with van der Waals surface area (Å²) >= 11 is 6.71. The Labute approximate surface area is 282 Å². The summed E-state index contributed by atoms with van der Waals surface area (Å²) in [5, 5.41) is 14.4. The molecule has 47 heavy (non-hydrogen) atoms. The van der Waals surface area contributed by atoms with Crippen LogP contribution in [0.4, 0.5) is 10.5 Å². The van der Waals surface area contributed by atoms with E-state index in [1.807, 2.05) is 26.0 Å². The first-order valence-electron chi connectivity index (χ1n) is 15.7. The van der Waals surface area contributed by atoms with E-state index in [1.165, 1.54) is 19.1 Å². The maximum atomic E-state index is 13.9. The third-order valence-electron chi connectivity index (χ3n) is 9.17. The van der Waals surface area contributed by atoms with E-state index >= 15 is 0 Å². The first-order valence-corrected chi connectivity index (χ1v) is 19.2. The number of fused-ring (bicyclic) bond motifs is 5. The van der Waals surface area contributed by atoms with Gasteiger partial charge in [0.2, 0.25) is 5.91 Å². The van der Waals surface area contributed by atoms with E-state index in [2.05, 4.69) is 5.32 Å². The molecule has 0 spiro atoms. The van der Waals surface area contributed by atoms with E-state index < -0.39 is 62.0 Å². The molecule has 3 heterocycles. The van der Waals surface area contributed by atoms with Crippen LogP contribution >= 0.6 is 11.6 Å². The lowest BCUT2D eigenvalue weighted by Gasteiger charge is -2.42. The summed E-state index contributed by atoms with van der Waals surface area (Å²) in [6.07, 6.45) is 1.33. The third kappa shape index (κ3) is 8.56. The van der Waals surface area contributed by atoms with Crippen molar-refractivity contribution in [3.8, 4) is 5.75 Å². The van der Waals surface area contributed by atoms with Gasteiger partial charge in [-0.3, -0.25) is 14.9 Å². The van der Waals surface area contributed by atoms with Gasteiger partial charge < -0.3 is 38.5 Å². The zero-order chi connectivity index (χ0) is 34.9. The zero-order valence-electron chi connectivity index (χ0n) is 28.3. The molecule has 7 atom stereocenters. The lowest BCUT2D eigenvalue weighted by Crippen LogP contribution is -2.63. The highest BCUT2D eigenvalue weighted by Crippen LogP contribution is 2.49. The summed E-state index contributed by atoms with van der Waals surface area (Å²) in [6.45, 7) is 8.95. The fraction of sp³-hybridized carbons (Fsp3) is 0.606. The van der Waals surface area contributed by atoms with Gasteiger partial charge in [-0.15, -0.1) is 0 Å². The van der Waals surface area contributed by atoms with Crippen molar-refractivity contribution in [1.82, 2.24) is 5.32 Å². The van der Waals surface area contributed by atoms with Crippen LogP contribution in [0.5, 0.6) is 5.75 Å². The lowest BCUT2D eigenvalue weighted by atomic mass is 9.83. The summed E-state index contributed by atoms with van der Waals surface area (Å²) in [6, 6.07) is 3.90. The van der Waals surface area contributed by atoms with Gasteiger partial charge in [-0.05, 0) is 57.1 Å². The van der Waals surface area contributed by atoms with Crippen molar-refractivity contribution < 1.29 is 48.0 Å². The quantitative estimate of drug-likeness (QED) is 0.223. The fourth-order valence-corrected chi connectivity index (χ4v) is 7.36. The number of carbonyl (C=O) groups is 3. The summed E-state index contributed by atoms with van der Waals surface area (Å²) in [5.74, 6) is -1.04. The highest BCUT2D eigenvalue weighted by molar-refractivity contribution is 6.69. The van der Waals surface area contributed by atoms with Crippen molar-refractivity contribution in [2.24, 2.45) is 5.92 Å². The Morgan fingerprint density at radius 1 is 1.26 bits per heavy atom. The second-order valence-corrected chi connectivity index (χ2v) is 18.1. The molecule has 4 bridgehead atoms. The average Bonchev–Trinajstić information content (AvgIpc) is 3.68. The van der Waals surface area contributed by atoms with Gasteiger partial charge in [0.1, 0.15) is 34.7 Å². The van der Waals surface area contributed by atoms with E-state index in [0.717, 1.165) is 11.1 Å². The number of hydrogen-bond donors (Lipinski definition) is 3. The Morgan fingerprint density at radius 2 is 1.96 bits per heavy atom. The molecular weight excluding hydrogens is 648 g/mol. The Balaban J connectivity index is 1.77. The number of carbonyl (C=O) groups excluding carboxylic acids is 3. The highest BCUT2D eigenvalue weighted by atomic mass is 35.5. The predicted molar refractivity (Wildman–Crippen MR) is 178 cm³/mol. The molecule has 0 unspecified atom stereocenters. The van der Waals surface area contributed by atoms with Crippen molar-refractivity contribution in [3.63, 3.8) is 0 Å². The second-order valence-electron chi connectivity index (χ2n) is 13.6. The predicted octanol–water partition coefficient (Wildman–Crippen LogP) is 4.26. The van der Waals surface area contributed by atoms with Gasteiger partial charge in [-0.25, -0.2) is 4.79 Å². The summed E-state index contributed by atoms with van der Waals surface area (Å²) < 4.78 is 28.9. The number of nitrogens with zero attached hydrogens (tertiary/aromatic N) is 1. The van der Waals surface area contributed by atoms with E-state index in [-0.39, 0.29) is 30.2 Å². The summed E-state index contributed by atoms with van der Waals surface area (Å²) in [4.78, 5) is 51.4. The number of ether oxygens (including phenoxy) is 5. The number of nitrogens with one attached hydrogen (secondary N) is 1. The number of epoxide rings is 1. The van der Waals surface area contributed by atoms with Gasteiger partial charge in [0.15, 0.2) is 14.0 Å². The first kappa shape index (κ1) is 36.9. The topological polar surface area (TPSA) is 156 Å². The number of rotatable bonds is 6. The number of hydrogen-bond acceptors (Lipinski definition) is 10. The Kier molecular flexibility index (Phi) is 11.2. The van der Waals surface area contributed by atoms with Gasteiger partial charge in [0.05, 0.1) is 25.3 Å². The van der Waals surface area contributed by atoms with Crippen LogP contribution in [0.15, 0.2) is 35.9 Å². The van der Waals surface area contributed by atoms with Crippen LogP contribution in [-0.4, -0.2) is 93.2 Å². The van der Waals surface area contributed by atoms with E-state index in [4.69, 9.17) is 35.3 Å². The van der Waals surface area contributed by atoms with Crippen LogP contribution < -0.4 is 15.0 Å². The number of methoxy groups -OCH3 is 2. The normalized spacial score (nSPS) is 33.5. The zero-order valence-corrected chi connectivity index (χ0v) is 30.1. The van der Waals surface area contributed by atoms with Crippen molar-refractivity contribution in [2.45, 2.75) is 101 Å². The molecule has 4 rings (SSSR count). The number of allylic oxidation sites excluding steroid dienone is 3. The molecule has 0 radical (unpaired) electrons. The molecular formula is C33H47ClN2O10Si. The van der Waals surface area contributed by atoms with Gasteiger partial charge in [-0.2, -0.15) is 0 Å². The standard InChI is InChI=1S/C33H47ClN2O10Si/c1-19-10-9-11-25(43-6)33(40)18-24(44-31(39)35-33)20(2)30-32(3,46-30)26(45-28(38)12-13-47(7,8)41)17-27(37)36(4)22-15-21(14-19)16-23(42-5)29(22)34/h9-11,15-16,20,24-26,30,40-41H,12-14,17-18H2,1-8H3,(H,35,39)/b11-9+,19-10+/t20-,24+,25-,26+,30+,32+,33+/m1/s1. The number of anilines is 1. The molecule has 0 aromatic heterocycles. The number of alkyl carbamates (subject to hydrolysis) is 1. The second kappa shape index (κ2) is 14.3. The maximum Gasteiger partial charge on any atom is 0.409 e. The van der Waals surface area contributed by atoms with Crippen LogP contribution in [0.2, 0.25) is 24.2 Å². The van der Waals surface area contributed by atoms with E-state index in [9.17, 15) is 24.3 Å². The maximum absolute atomic E-state index is 13.9. The molecule has 1 aromatic carbocycles. The largest absolute Gasteiger partial charge is 0.495 e. The van der Waals surface area contributed by atoms with Gasteiger partial charge >= 0.3 is 12.1 Å². The Bertz CT molecular complexity index is 1430. The number of halogens is 1. The minimum atomic E-state index is -2.54. The van der Waals surface area contributed by atoms with Crippen LogP contribution in [0.25, 0.3) is 0 Å². The Hall–Kier alpha value is -2.94. The molecule has 0 saturated carbocycles. The first-order chi connectivity index (χ1) is 21.9. The van der Waals surface area contributed by atoms with Gasteiger partial charge in [0, 0.05) is 32.9 Å². The summed E-state index contributed by atoms with van der Waals surface area (Å²) in [7, 11) is 1.98. The minimum Gasteiger partial charge on any atom is -0.495 e. The van der Waals surface area contributed by atoms with E-state index in [0.29, 0.717) is 23.9 Å². The monoisotopic (exact) mass is 694 g/mol. The molecule has 2 fully saturated rings. The lowest BCUT2D eigenvalue weighted by molar-refractivity contribution is -0.153. The molecule has 0 aliphatic carbocycles. The molecule has 12 nitrogen and oxygen atoms in total. The minimum absolute atomic E-state index is 0.0185. The van der Waals surface area contributed by atoms with Gasteiger partial charge in [0.25, 0.3) is 0 Å². The SMILES string of the molecule is COc1cc2cc(c1Cl)N(C)C(=O)C[C@H](OC(=O)CC[Si](C)(C)O)[C@]1(C)O[C@H]1[C@H](C)[C@@H]1C[C@@](O)(NC(=O)O1)[C@H](OC)/C=C/C=C(\C)C2. The number of esters is 1. The van der Waals surface area contributed by atoms with Crippen molar-refractivity contribution in [1.29, 1.82) is 0 Å². The van der Waals surface area contributed by atoms with Crippen LogP contribution in [0.3, 0.4) is 0 Å². The summed E-state index contributed by atoms with van der Waals surface area (Å²) in [5.41, 5.74) is -0.724. The highest BCUT2D eigenvalue weighted by Gasteiger charge is 2.64. The average molecular weight is 695 g/mol. The van der Waals surface area contributed by atoms with Crippen molar-refractivity contribution in [3.05, 3.63) is 46.5 Å². The number of amides is 2. The smallest absolute Gasteiger partial charge is 0.409 e. The van der Waals surface area contributed by atoms with Crippen LogP contribution in [0.1, 0.15) is 45.6 Å². The fourth-order valence-electron chi connectivity index (χ4n) is 6.23. The number of benzene rings is 1. The van der Waals surface area contributed by atoms with Crippen LogP contribution in [0, 0.1) is 5.92 Å². The third-order valence-corrected chi connectivity index (χ3v) is 11.0. The van der Waals surface area contributed by atoms with Crippen LogP contribution in [-0.2, 0) is 35.0 Å². The molecule has 3 aliphatic heterocycles. The molecule has 2 amide bonds. The molecule has 260 valence electrons. The Morgan fingerprint density at radius 3 is 2.60 bits per heavy atom.